The minimum atomic E-state index is -0.188. The van der Waals surface area contributed by atoms with Crippen molar-refractivity contribution in [2.75, 3.05) is 6.61 Å². The number of carbonyl (C=O) groups excluding carboxylic acids is 1. The molecule has 0 spiro atoms. The first-order valence-corrected chi connectivity index (χ1v) is 8.87. The van der Waals surface area contributed by atoms with Gasteiger partial charge in [0.1, 0.15) is 22.6 Å². The van der Waals surface area contributed by atoms with Crippen LogP contribution >= 0.6 is 11.3 Å². The van der Waals surface area contributed by atoms with Gasteiger partial charge in [-0.25, -0.2) is 9.97 Å². The molecule has 1 unspecified atom stereocenters. The highest BCUT2D eigenvalue weighted by atomic mass is 32.1. The van der Waals surface area contributed by atoms with Gasteiger partial charge in [-0.15, -0.1) is 11.3 Å². The Balaban J connectivity index is 1.42. The summed E-state index contributed by atoms with van der Waals surface area (Å²) in [6, 6.07) is 6.04. The lowest BCUT2D eigenvalue weighted by molar-refractivity contribution is 0.0942. The van der Waals surface area contributed by atoms with E-state index in [0.717, 1.165) is 41.3 Å². The van der Waals surface area contributed by atoms with Crippen molar-refractivity contribution in [3.05, 3.63) is 45.7 Å². The Kier molecular flexibility index (Phi) is 4.03. The quantitative estimate of drug-likeness (QED) is 0.763. The molecule has 124 valence electrons. The molecule has 1 aromatic carbocycles. The summed E-state index contributed by atoms with van der Waals surface area (Å²) in [6.07, 6.45) is 2.08. The van der Waals surface area contributed by atoms with E-state index in [1.54, 1.807) is 5.38 Å². The number of amides is 1. The molecule has 24 heavy (non-hydrogen) atoms. The van der Waals surface area contributed by atoms with Crippen molar-refractivity contribution in [1.29, 1.82) is 0 Å². The van der Waals surface area contributed by atoms with E-state index in [0.29, 0.717) is 12.2 Å². The molecule has 0 bridgehead atoms. The van der Waals surface area contributed by atoms with Gasteiger partial charge in [0.05, 0.1) is 17.6 Å². The van der Waals surface area contributed by atoms with Gasteiger partial charge >= 0.3 is 0 Å². The molecule has 1 aliphatic rings. The van der Waals surface area contributed by atoms with E-state index >= 15 is 0 Å². The molecule has 1 amide bonds. The van der Waals surface area contributed by atoms with Gasteiger partial charge in [-0.05, 0) is 37.5 Å². The number of thiazole rings is 1. The number of aromatic nitrogens is 3. The Morgan fingerprint density at radius 2 is 2.38 bits per heavy atom. The molecule has 3 heterocycles. The van der Waals surface area contributed by atoms with Crippen LogP contribution in [0.1, 0.15) is 45.8 Å². The van der Waals surface area contributed by atoms with E-state index in [1.165, 1.54) is 16.9 Å². The molecule has 4 rings (SSSR count). The van der Waals surface area contributed by atoms with E-state index < -0.39 is 0 Å². The number of H-pyrrole nitrogens is 1. The minimum absolute atomic E-state index is 0.0511. The van der Waals surface area contributed by atoms with Gasteiger partial charge in [-0.1, -0.05) is 6.07 Å². The van der Waals surface area contributed by atoms with Crippen molar-refractivity contribution >= 4 is 28.3 Å². The molecular formula is C17H18N4O2S. The summed E-state index contributed by atoms with van der Waals surface area (Å²) in [7, 11) is 0. The number of nitrogens with one attached hydrogen (secondary N) is 2. The molecule has 0 radical (unpaired) electrons. The van der Waals surface area contributed by atoms with Crippen LogP contribution in [-0.2, 0) is 11.3 Å². The molecule has 1 atom stereocenters. The Morgan fingerprint density at radius 3 is 3.21 bits per heavy atom. The van der Waals surface area contributed by atoms with Crippen molar-refractivity contribution in [2.45, 2.75) is 32.4 Å². The number of fused-ring (bicyclic) bond motifs is 1. The molecule has 3 aromatic rings. The number of ether oxygens (including phenoxy) is 1. The van der Waals surface area contributed by atoms with E-state index in [2.05, 4.69) is 20.3 Å². The molecule has 2 N–H and O–H groups in total. The molecule has 6 nitrogen and oxygen atoms in total. The van der Waals surface area contributed by atoms with Gasteiger partial charge in [0, 0.05) is 12.0 Å². The van der Waals surface area contributed by atoms with Crippen LogP contribution in [-0.4, -0.2) is 27.5 Å². The van der Waals surface area contributed by atoms with Gasteiger partial charge in [-0.2, -0.15) is 0 Å². The van der Waals surface area contributed by atoms with Gasteiger partial charge in [0.15, 0.2) is 0 Å². The number of hydrogen-bond acceptors (Lipinski definition) is 5. The summed E-state index contributed by atoms with van der Waals surface area (Å²) < 4.78 is 5.61. The van der Waals surface area contributed by atoms with Crippen LogP contribution in [0.5, 0.6) is 0 Å². The number of nitrogens with zero attached hydrogens (tertiary/aromatic N) is 2. The summed E-state index contributed by atoms with van der Waals surface area (Å²) in [6.45, 7) is 3.16. The molecule has 1 saturated heterocycles. The molecular weight excluding hydrogens is 324 g/mol. The van der Waals surface area contributed by atoms with Crippen molar-refractivity contribution < 1.29 is 9.53 Å². The maximum atomic E-state index is 12.3. The van der Waals surface area contributed by atoms with E-state index in [4.69, 9.17) is 4.74 Å². The summed E-state index contributed by atoms with van der Waals surface area (Å²) in [4.78, 5) is 24.4. The number of carbonyl (C=O) groups is 1. The maximum Gasteiger partial charge on any atom is 0.271 e. The van der Waals surface area contributed by atoms with E-state index in [-0.39, 0.29) is 12.0 Å². The van der Waals surface area contributed by atoms with Crippen LogP contribution in [0.25, 0.3) is 11.0 Å². The summed E-state index contributed by atoms with van der Waals surface area (Å²) in [5.41, 5.74) is 3.50. The fraction of sp³-hybridized carbons (Fsp3) is 0.353. The van der Waals surface area contributed by atoms with Gasteiger partial charge < -0.3 is 15.0 Å². The maximum absolute atomic E-state index is 12.3. The lowest BCUT2D eigenvalue weighted by Gasteiger charge is -2.03. The predicted octanol–water partition coefficient (Wildman–Crippen LogP) is 3.11. The first kappa shape index (κ1) is 15.3. The molecule has 0 aliphatic carbocycles. The zero-order chi connectivity index (χ0) is 16.5. The number of imidazole rings is 1. The number of rotatable bonds is 4. The van der Waals surface area contributed by atoms with Crippen LogP contribution in [0.3, 0.4) is 0 Å². The zero-order valence-corrected chi connectivity index (χ0v) is 14.2. The average molecular weight is 342 g/mol. The second kappa shape index (κ2) is 6.33. The van der Waals surface area contributed by atoms with Gasteiger partial charge in [-0.3, -0.25) is 4.79 Å². The molecule has 1 fully saturated rings. The van der Waals surface area contributed by atoms with Crippen LogP contribution in [0.4, 0.5) is 0 Å². The number of aromatic amines is 1. The Hall–Kier alpha value is -2.25. The van der Waals surface area contributed by atoms with Crippen molar-refractivity contribution in [1.82, 2.24) is 20.3 Å². The van der Waals surface area contributed by atoms with E-state index in [9.17, 15) is 4.79 Å². The third kappa shape index (κ3) is 3.05. The lowest BCUT2D eigenvalue weighted by atomic mass is 10.2. The third-order valence-corrected chi connectivity index (χ3v) is 5.00. The highest BCUT2D eigenvalue weighted by Crippen LogP contribution is 2.30. The normalized spacial score (nSPS) is 17.5. The van der Waals surface area contributed by atoms with Crippen LogP contribution in [0.2, 0.25) is 0 Å². The Labute approximate surface area is 143 Å². The van der Waals surface area contributed by atoms with E-state index in [1.807, 2.05) is 25.1 Å². The highest BCUT2D eigenvalue weighted by Gasteiger charge is 2.22. The van der Waals surface area contributed by atoms with Crippen molar-refractivity contribution in [3.63, 3.8) is 0 Å². The zero-order valence-electron chi connectivity index (χ0n) is 13.3. The first-order valence-electron chi connectivity index (χ1n) is 7.99. The monoisotopic (exact) mass is 342 g/mol. The number of hydrogen-bond donors (Lipinski definition) is 2. The fourth-order valence-corrected chi connectivity index (χ4v) is 3.71. The van der Waals surface area contributed by atoms with Gasteiger partial charge in [0.2, 0.25) is 0 Å². The SMILES string of the molecule is Cc1ccc2nc(CNC(=O)c3csc(C4CCCO4)n3)[nH]c2c1. The van der Waals surface area contributed by atoms with Gasteiger partial charge in [0.25, 0.3) is 5.91 Å². The molecule has 2 aromatic heterocycles. The molecule has 7 heteroatoms. The second-order valence-electron chi connectivity index (χ2n) is 5.96. The van der Waals surface area contributed by atoms with Crippen LogP contribution in [0.15, 0.2) is 23.6 Å². The largest absolute Gasteiger partial charge is 0.371 e. The van der Waals surface area contributed by atoms with Crippen molar-refractivity contribution in [2.24, 2.45) is 0 Å². The summed E-state index contributed by atoms with van der Waals surface area (Å²) >= 11 is 1.48. The molecule has 0 saturated carbocycles. The van der Waals surface area contributed by atoms with Crippen LogP contribution in [0, 0.1) is 6.92 Å². The number of aryl methyl sites for hydroxylation is 1. The average Bonchev–Trinajstić information content (AvgIpc) is 3.30. The topological polar surface area (TPSA) is 79.9 Å². The smallest absolute Gasteiger partial charge is 0.271 e. The summed E-state index contributed by atoms with van der Waals surface area (Å²) in [5.74, 6) is 0.547. The Bertz CT molecular complexity index is 880. The lowest BCUT2D eigenvalue weighted by Crippen LogP contribution is -2.23. The molecule has 1 aliphatic heterocycles. The fourth-order valence-electron chi connectivity index (χ4n) is 2.83. The highest BCUT2D eigenvalue weighted by molar-refractivity contribution is 7.09. The predicted molar refractivity (Wildman–Crippen MR) is 92.0 cm³/mol. The summed E-state index contributed by atoms with van der Waals surface area (Å²) in [5, 5.41) is 5.54. The first-order chi connectivity index (χ1) is 11.7. The second-order valence-corrected chi connectivity index (χ2v) is 6.85. The number of benzene rings is 1. The Morgan fingerprint density at radius 1 is 1.46 bits per heavy atom. The standard InChI is InChI=1S/C17H18N4O2S/c1-10-4-5-11-12(7-10)20-15(19-11)8-18-16(22)13-9-24-17(21-13)14-3-2-6-23-14/h4-5,7,9,14H,2-3,6,8H2,1H3,(H,18,22)(H,19,20). The third-order valence-electron chi connectivity index (χ3n) is 4.06. The minimum Gasteiger partial charge on any atom is -0.371 e. The van der Waals surface area contributed by atoms with Crippen LogP contribution < -0.4 is 5.32 Å². The van der Waals surface area contributed by atoms with Crippen molar-refractivity contribution in [3.8, 4) is 0 Å².